The monoisotopic (exact) mass is 442 g/mol. The summed E-state index contributed by atoms with van der Waals surface area (Å²) in [5.74, 6) is 0.208. The van der Waals surface area contributed by atoms with Gasteiger partial charge in [0.05, 0.1) is 41.9 Å². The second-order valence-electron chi connectivity index (χ2n) is 8.01. The van der Waals surface area contributed by atoms with Crippen LogP contribution in [0.1, 0.15) is 11.1 Å². The SMILES string of the molecule is N#Cc1ccc(-c2cc3c(ccn3C[C@@H]3CNCCO3)nc2OCc2ccc(F)cc2)cc1. The molecule has 5 rings (SSSR count). The Labute approximate surface area is 191 Å². The summed E-state index contributed by atoms with van der Waals surface area (Å²) in [6, 6.07) is 19.8. The first-order chi connectivity index (χ1) is 16.2. The fourth-order valence-corrected chi connectivity index (χ4v) is 3.98. The molecule has 2 aromatic heterocycles. The molecule has 0 aliphatic carbocycles. The van der Waals surface area contributed by atoms with Crippen molar-refractivity contribution in [3.8, 4) is 23.1 Å². The topological polar surface area (TPSA) is 72.1 Å². The number of nitrogens with zero attached hydrogens (tertiary/aromatic N) is 3. The molecule has 0 saturated carbocycles. The molecule has 4 aromatic rings. The first kappa shape index (κ1) is 21.1. The molecule has 1 fully saturated rings. The maximum atomic E-state index is 13.3. The molecule has 0 spiro atoms. The molecule has 1 N–H and O–H groups in total. The Bertz CT molecular complexity index is 1290. The number of nitrogens with one attached hydrogen (secondary N) is 1. The third-order valence-electron chi connectivity index (χ3n) is 5.74. The van der Waals surface area contributed by atoms with Gasteiger partial charge in [-0.15, -0.1) is 0 Å². The predicted molar refractivity (Wildman–Crippen MR) is 123 cm³/mol. The molecule has 7 heteroatoms. The van der Waals surface area contributed by atoms with Crippen molar-refractivity contribution in [2.45, 2.75) is 19.3 Å². The van der Waals surface area contributed by atoms with E-state index >= 15 is 0 Å². The van der Waals surface area contributed by atoms with Crippen LogP contribution in [-0.4, -0.2) is 35.4 Å². The van der Waals surface area contributed by atoms with E-state index in [1.165, 1.54) is 12.1 Å². The summed E-state index contributed by atoms with van der Waals surface area (Å²) in [6.45, 7) is 3.39. The number of fused-ring (bicyclic) bond motifs is 1. The molecule has 33 heavy (non-hydrogen) atoms. The Balaban J connectivity index is 1.50. The van der Waals surface area contributed by atoms with Crippen molar-refractivity contribution in [1.29, 1.82) is 5.26 Å². The van der Waals surface area contributed by atoms with Crippen LogP contribution in [0, 0.1) is 17.1 Å². The molecule has 166 valence electrons. The summed E-state index contributed by atoms with van der Waals surface area (Å²) < 4.78 is 27.4. The lowest BCUT2D eigenvalue weighted by atomic mass is 10.0. The highest BCUT2D eigenvalue weighted by Crippen LogP contribution is 2.33. The van der Waals surface area contributed by atoms with E-state index in [1.807, 2.05) is 24.4 Å². The Morgan fingerprint density at radius 2 is 1.97 bits per heavy atom. The van der Waals surface area contributed by atoms with Crippen molar-refractivity contribution in [3.05, 3.63) is 83.8 Å². The summed E-state index contributed by atoms with van der Waals surface area (Å²) in [4.78, 5) is 4.80. The van der Waals surface area contributed by atoms with Crippen LogP contribution in [0.2, 0.25) is 0 Å². The van der Waals surface area contributed by atoms with Crippen molar-refractivity contribution in [2.75, 3.05) is 19.7 Å². The average Bonchev–Trinajstić information content (AvgIpc) is 3.25. The van der Waals surface area contributed by atoms with E-state index < -0.39 is 0 Å². The number of ether oxygens (including phenoxy) is 2. The molecule has 2 aromatic carbocycles. The number of halogens is 1. The predicted octanol–water partition coefficient (Wildman–Crippen LogP) is 4.28. The van der Waals surface area contributed by atoms with Crippen LogP contribution in [0.25, 0.3) is 22.2 Å². The van der Waals surface area contributed by atoms with Gasteiger partial charge < -0.3 is 19.4 Å². The minimum absolute atomic E-state index is 0.0992. The van der Waals surface area contributed by atoms with E-state index in [4.69, 9.17) is 19.7 Å². The van der Waals surface area contributed by atoms with Gasteiger partial charge in [0.25, 0.3) is 0 Å². The van der Waals surface area contributed by atoms with Gasteiger partial charge in [-0.3, -0.25) is 0 Å². The van der Waals surface area contributed by atoms with Crippen molar-refractivity contribution < 1.29 is 13.9 Å². The minimum atomic E-state index is -0.282. The van der Waals surface area contributed by atoms with E-state index in [9.17, 15) is 4.39 Å². The molecule has 0 amide bonds. The molecule has 1 saturated heterocycles. The van der Waals surface area contributed by atoms with Crippen LogP contribution in [0.5, 0.6) is 5.88 Å². The standard InChI is InChI=1S/C26H23FN4O2/c27-21-7-3-19(4-8-21)17-33-26-23(20-5-1-18(14-28)2-6-20)13-25-24(30-26)9-11-31(25)16-22-15-29-10-12-32-22/h1-9,11,13,22,29H,10,12,15-17H2/t22-/m0/s1. The molecule has 0 unspecified atom stereocenters. The highest BCUT2D eigenvalue weighted by Gasteiger charge is 2.18. The van der Waals surface area contributed by atoms with Gasteiger partial charge in [-0.05, 0) is 47.5 Å². The number of pyridine rings is 1. The molecule has 0 radical (unpaired) electrons. The molecule has 0 bridgehead atoms. The smallest absolute Gasteiger partial charge is 0.222 e. The maximum Gasteiger partial charge on any atom is 0.222 e. The molecule has 6 nitrogen and oxygen atoms in total. The van der Waals surface area contributed by atoms with Gasteiger partial charge in [0.2, 0.25) is 5.88 Å². The largest absolute Gasteiger partial charge is 0.472 e. The lowest BCUT2D eigenvalue weighted by Gasteiger charge is -2.24. The normalized spacial score (nSPS) is 15.9. The van der Waals surface area contributed by atoms with E-state index in [0.29, 0.717) is 18.1 Å². The first-order valence-electron chi connectivity index (χ1n) is 10.9. The molecule has 3 heterocycles. The average molecular weight is 442 g/mol. The van der Waals surface area contributed by atoms with Crippen LogP contribution in [0.4, 0.5) is 4.39 Å². The highest BCUT2D eigenvalue weighted by molar-refractivity contribution is 5.84. The summed E-state index contributed by atoms with van der Waals surface area (Å²) in [5, 5.41) is 12.5. The van der Waals surface area contributed by atoms with Gasteiger partial charge in [0.15, 0.2) is 0 Å². The third-order valence-corrected chi connectivity index (χ3v) is 5.74. The fourth-order valence-electron chi connectivity index (χ4n) is 3.98. The van der Waals surface area contributed by atoms with Gasteiger partial charge >= 0.3 is 0 Å². The zero-order valence-electron chi connectivity index (χ0n) is 18.0. The first-order valence-corrected chi connectivity index (χ1v) is 10.9. The van der Waals surface area contributed by atoms with Gasteiger partial charge in [0.1, 0.15) is 12.4 Å². The molecular weight excluding hydrogens is 419 g/mol. The number of aromatic nitrogens is 2. The summed E-state index contributed by atoms with van der Waals surface area (Å²) in [7, 11) is 0. The van der Waals surface area contributed by atoms with Crippen LogP contribution in [-0.2, 0) is 17.9 Å². The lowest BCUT2D eigenvalue weighted by Crippen LogP contribution is -2.40. The molecule has 1 aliphatic rings. The highest BCUT2D eigenvalue weighted by atomic mass is 19.1. The fraction of sp³-hybridized carbons (Fsp3) is 0.231. The zero-order chi connectivity index (χ0) is 22.6. The van der Waals surface area contributed by atoms with E-state index in [-0.39, 0.29) is 18.5 Å². The van der Waals surface area contributed by atoms with Crippen molar-refractivity contribution >= 4 is 11.0 Å². The summed E-state index contributed by atoms with van der Waals surface area (Å²) in [6.07, 6.45) is 2.11. The van der Waals surface area contributed by atoms with Crippen molar-refractivity contribution in [1.82, 2.24) is 14.9 Å². The van der Waals surface area contributed by atoms with Gasteiger partial charge in [0, 0.05) is 24.8 Å². The Morgan fingerprint density at radius 1 is 1.15 bits per heavy atom. The molecule has 1 aliphatic heterocycles. The van der Waals surface area contributed by atoms with Crippen LogP contribution in [0.3, 0.4) is 0 Å². The van der Waals surface area contributed by atoms with Crippen molar-refractivity contribution in [3.63, 3.8) is 0 Å². The van der Waals surface area contributed by atoms with Gasteiger partial charge in [-0.1, -0.05) is 24.3 Å². The van der Waals surface area contributed by atoms with Crippen LogP contribution in [0.15, 0.2) is 66.9 Å². The number of morpholine rings is 1. The number of hydrogen-bond acceptors (Lipinski definition) is 5. The third kappa shape index (κ3) is 4.72. The number of nitriles is 1. The quantitative estimate of drug-likeness (QED) is 0.483. The number of hydrogen-bond donors (Lipinski definition) is 1. The number of rotatable bonds is 6. The molecule has 1 atom stereocenters. The Kier molecular flexibility index (Phi) is 6.03. The lowest BCUT2D eigenvalue weighted by molar-refractivity contribution is 0.0189. The second-order valence-corrected chi connectivity index (χ2v) is 8.01. The maximum absolute atomic E-state index is 13.3. The Morgan fingerprint density at radius 3 is 2.70 bits per heavy atom. The minimum Gasteiger partial charge on any atom is -0.472 e. The van der Waals surface area contributed by atoms with E-state index in [1.54, 1.807) is 24.3 Å². The van der Waals surface area contributed by atoms with Gasteiger partial charge in [-0.2, -0.15) is 5.26 Å². The molecular formula is C26H23FN4O2. The zero-order valence-corrected chi connectivity index (χ0v) is 18.0. The Hall–Kier alpha value is -3.73. The van der Waals surface area contributed by atoms with E-state index in [0.717, 1.165) is 47.4 Å². The van der Waals surface area contributed by atoms with E-state index in [2.05, 4.69) is 22.0 Å². The number of benzene rings is 2. The summed E-state index contributed by atoms with van der Waals surface area (Å²) in [5.41, 5.74) is 4.98. The van der Waals surface area contributed by atoms with Crippen molar-refractivity contribution in [2.24, 2.45) is 0 Å². The summed E-state index contributed by atoms with van der Waals surface area (Å²) >= 11 is 0. The van der Waals surface area contributed by atoms with Crippen LogP contribution < -0.4 is 10.1 Å². The second kappa shape index (κ2) is 9.41. The van der Waals surface area contributed by atoms with Crippen LogP contribution >= 0.6 is 0 Å². The van der Waals surface area contributed by atoms with Gasteiger partial charge in [-0.25, -0.2) is 9.37 Å².